The molecule has 0 aromatic rings. The first-order valence-corrected chi connectivity index (χ1v) is 3.52. The summed E-state index contributed by atoms with van der Waals surface area (Å²) in [6.45, 7) is 0.782. The molecule has 2 unspecified atom stereocenters. The topological polar surface area (TPSA) is 18.5 Å². The summed E-state index contributed by atoms with van der Waals surface area (Å²) in [4.78, 5) is 0. The molecule has 2 nitrogen and oxygen atoms in total. The highest BCUT2D eigenvalue weighted by Crippen LogP contribution is 2.05. The molecule has 1 rings (SSSR count). The zero-order chi connectivity index (χ0) is 8.81. The maximum absolute atomic E-state index is 5.25. The molecular weight excluding hydrogens is 152 g/mol. The van der Waals surface area contributed by atoms with Crippen LogP contribution in [0, 0.1) is 36.5 Å². The van der Waals surface area contributed by atoms with Crippen LogP contribution < -0.4 is 0 Å². The summed E-state index contributed by atoms with van der Waals surface area (Å²) in [6, 6.07) is 0. The molecular formula is C10H8O2. The molecule has 60 valence electrons. The van der Waals surface area contributed by atoms with Crippen molar-refractivity contribution in [2.45, 2.75) is 12.2 Å². The number of hydrogen-bond donors (Lipinski definition) is 0. The van der Waals surface area contributed by atoms with E-state index in [1.807, 2.05) is 0 Å². The SMILES string of the molecule is C#CC#CC1COC(C#C)CO1. The highest BCUT2D eigenvalue weighted by atomic mass is 16.6. The van der Waals surface area contributed by atoms with Crippen molar-refractivity contribution >= 4 is 0 Å². The van der Waals surface area contributed by atoms with Gasteiger partial charge in [-0.1, -0.05) is 11.8 Å². The summed E-state index contributed by atoms with van der Waals surface area (Å²) in [7, 11) is 0. The third-order valence-electron chi connectivity index (χ3n) is 1.39. The summed E-state index contributed by atoms with van der Waals surface area (Å²) in [5.41, 5.74) is 0. The van der Waals surface area contributed by atoms with Crippen LogP contribution in [0.2, 0.25) is 0 Å². The van der Waals surface area contributed by atoms with Crippen LogP contribution in [-0.2, 0) is 9.47 Å². The second-order valence-corrected chi connectivity index (χ2v) is 2.22. The van der Waals surface area contributed by atoms with Gasteiger partial charge in [0.05, 0.1) is 13.2 Å². The van der Waals surface area contributed by atoms with E-state index in [9.17, 15) is 0 Å². The highest BCUT2D eigenvalue weighted by molar-refractivity contribution is 5.24. The Labute approximate surface area is 72.2 Å². The number of ether oxygens (including phenoxy) is 2. The van der Waals surface area contributed by atoms with Gasteiger partial charge in [-0.2, -0.15) is 0 Å². The quantitative estimate of drug-likeness (QED) is 0.466. The van der Waals surface area contributed by atoms with Crippen LogP contribution in [-0.4, -0.2) is 25.4 Å². The van der Waals surface area contributed by atoms with Crippen molar-refractivity contribution in [2.75, 3.05) is 13.2 Å². The summed E-state index contributed by atoms with van der Waals surface area (Å²) in [6.07, 6.45) is 9.60. The van der Waals surface area contributed by atoms with Gasteiger partial charge in [0.2, 0.25) is 0 Å². The van der Waals surface area contributed by atoms with E-state index in [1.54, 1.807) is 0 Å². The smallest absolute Gasteiger partial charge is 0.142 e. The fraction of sp³-hybridized carbons (Fsp3) is 0.400. The van der Waals surface area contributed by atoms with Crippen molar-refractivity contribution in [2.24, 2.45) is 0 Å². The Hall–Kier alpha value is -1.40. The van der Waals surface area contributed by atoms with E-state index in [0.717, 1.165) is 0 Å². The molecule has 2 heteroatoms. The third kappa shape index (κ3) is 2.33. The van der Waals surface area contributed by atoms with Crippen LogP contribution >= 0.6 is 0 Å². The van der Waals surface area contributed by atoms with Gasteiger partial charge in [-0.15, -0.1) is 12.8 Å². The maximum Gasteiger partial charge on any atom is 0.142 e. The Kier molecular flexibility index (Phi) is 3.24. The van der Waals surface area contributed by atoms with Gasteiger partial charge in [0, 0.05) is 0 Å². The first-order valence-electron chi connectivity index (χ1n) is 3.52. The molecule has 0 spiro atoms. The normalized spacial score (nSPS) is 27.5. The monoisotopic (exact) mass is 160 g/mol. The Balaban J connectivity index is 2.38. The summed E-state index contributed by atoms with van der Waals surface area (Å²) in [5, 5.41) is 0. The molecule has 0 aromatic heterocycles. The summed E-state index contributed by atoms with van der Waals surface area (Å²) < 4.78 is 10.5. The van der Waals surface area contributed by atoms with Crippen molar-refractivity contribution in [1.82, 2.24) is 0 Å². The Morgan fingerprint density at radius 3 is 2.25 bits per heavy atom. The minimum atomic E-state index is -0.242. The molecule has 0 radical (unpaired) electrons. The highest BCUT2D eigenvalue weighted by Gasteiger charge is 2.18. The molecule has 0 saturated carbocycles. The van der Waals surface area contributed by atoms with Crippen molar-refractivity contribution in [3.8, 4) is 36.5 Å². The molecule has 1 aliphatic rings. The molecule has 0 bridgehead atoms. The predicted molar refractivity (Wildman–Crippen MR) is 44.9 cm³/mol. The van der Waals surface area contributed by atoms with Crippen molar-refractivity contribution in [1.29, 1.82) is 0 Å². The lowest BCUT2D eigenvalue weighted by molar-refractivity contribution is -0.0907. The van der Waals surface area contributed by atoms with Gasteiger partial charge in [-0.25, -0.2) is 0 Å². The van der Waals surface area contributed by atoms with E-state index in [4.69, 9.17) is 22.3 Å². The standard InChI is InChI=1S/C10H8O2/c1-3-5-6-10-8-11-9(4-2)7-12-10/h1-2,9-10H,7-8H2. The largest absolute Gasteiger partial charge is 0.359 e. The molecule has 0 aromatic carbocycles. The van der Waals surface area contributed by atoms with E-state index in [1.165, 1.54) is 0 Å². The van der Waals surface area contributed by atoms with Gasteiger partial charge in [-0.3, -0.25) is 0 Å². The molecule has 2 atom stereocenters. The Bertz CT molecular complexity index is 274. The van der Waals surface area contributed by atoms with Gasteiger partial charge in [0.15, 0.2) is 0 Å². The van der Waals surface area contributed by atoms with Crippen LogP contribution in [0.1, 0.15) is 0 Å². The second kappa shape index (κ2) is 4.47. The molecule has 12 heavy (non-hydrogen) atoms. The average molecular weight is 160 g/mol. The Morgan fingerprint density at radius 2 is 1.75 bits per heavy atom. The number of terminal acetylenes is 2. The lowest BCUT2D eigenvalue weighted by atomic mass is 10.3. The maximum atomic E-state index is 5.25. The van der Waals surface area contributed by atoms with E-state index in [-0.39, 0.29) is 12.2 Å². The van der Waals surface area contributed by atoms with E-state index < -0.39 is 0 Å². The van der Waals surface area contributed by atoms with E-state index in [2.05, 4.69) is 23.7 Å². The summed E-state index contributed by atoms with van der Waals surface area (Å²) >= 11 is 0. The summed E-state index contributed by atoms with van der Waals surface area (Å²) in [5.74, 6) is 9.83. The van der Waals surface area contributed by atoms with Gasteiger partial charge in [-0.05, 0) is 11.8 Å². The number of rotatable bonds is 0. The lowest BCUT2D eigenvalue weighted by Crippen LogP contribution is -2.33. The predicted octanol–water partition coefficient (Wildman–Crippen LogP) is 0.0402. The van der Waals surface area contributed by atoms with Crippen molar-refractivity contribution < 1.29 is 9.47 Å². The van der Waals surface area contributed by atoms with Crippen LogP contribution in [0.3, 0.4) is 0 Å². The molecule has 1 saturated heterocycles. The third-order valence-corrected chi connectivity index (χ3v) is 1.39. The van der Waals surface area contributed by atoms with Crippen LogP contribution in [0.5, 0.6) is 0 Å². The average Bonchev–Trinajstić information content (AvgIpc) is 2.15. The van der Waals surface area contributed by atoms with Crippen LogP contribution in [0.25, 0.3) is 0 Å². The first kappa shape index (κ1) is 8.69. The molecule has 0 N–H and O–H groups in total. The molecule has 1 heterocycles. The lowest BCUT2D eigenvalue weighted by Gasteiger charge is -2.22. The fourth-order valence-electron chi connectivity index (χ4n) is 0.805. The fourth-order valence-corrected chi connectivity index (χ4v) is 0.805. The van der Waals surface area contributed by atoms with Crippen molar-refractivity contribution in [3.05, 3.63) is 0 Å². The minimum Gasteiger partial charge on any atom is -0.359 e. The first-order chi connectivity index (χ1) is 5.86. The van der Waals surface area contributed by atoms with E-state index >= 15 is 0 Å². The van der Waals surface area contributed by atoms with Crippen LogP contribution in [0.15, 0.2) is 0 Å². The van der Waals surface area contributed by atoms with E-state index in [0.29, 0.717) is 13.2 Å². The molecule has 0 amide bonds. The molecule has 1 aliphatic heterocycles. The zero-order valence-corrected chi connectivity index (χ0v) is 6.54. The molecule has 1 fully saturated rings. The second-order valence-electron chi connectivity index (χ2n) is 2.22. The van der Waals surface area contributed by atoms with Crippen molar-refractivity contribution in [3.63, 3.8) is 0 Å². The van der Waals surface area contributed by atoms with Gasteiger partial charge in [0.25, 0.3) is 0 Å². The Morgan fingerprint density at radius 1 is 1.08 bits per heavy atom. The van der Waals surface area contributed by atoms with Crippen LogP contribution in [0.4, 0.5) is 0 Å². The zero-order valence-electron chi connectivity index (χ0n) is 6.54. The van der Waals surface area contributed by atoms with Gasteiger partial charge < -0.3 is 9.47 Å². The minimum absolute atomic E-state index is 0.231. The van der Waals surface area contributed by atoms with Gasteiger partial charge in [0.1, 0.15) is 12.2 Å². The van der Waals surface area contributed by atoms with Gasteiger partial charge >= 0.3 is 0 Å². The molecule has 0 aliphatic carbocycles. The number of hydrogen-bond acceptors (Lipinski definition) is 2.